The van der Waals surface area contributed by atoms with Gasteiger partial charge in [-0.05, 0) is 29.8 Å². The summed E-state index contributed by atoms with van der Waals surface area (Å²) in [5, 5.41) is 33.7. The molecule has 0 radical (unpaired) electrons. The molecule has 0 amide bonds. The number of nitro benzene ring substituents is 2. The van der Waals surface area contributed by atoms with Crippen molar-refractivity contribution in [3.05, 3.63) is 121 Å². The first kappa shape index (κ1) is 21.0. The standard InChI is InChI=1S/C23H14ClN3O5/c24-17-8-6-16(7-9-17)23(14-25)13-21(15-4-2-1-3-5-15)32-22(23)19-11-10-18(26(28)29)12-20(19)27(30)31/h1-13,22H/t22-,23+/m0/s1. The molecule has 3 aromatic carbocycles. The van der Waals surface area contributed by atoms with Crippen LogP contribution in [0, 0.1) is 31.6 Å². The number of hydrogen-bond donors (Lipinski definition) is 0. The fraction of sp³-hybridized carbons (Fsp3) is 0.0870. The average Bonchev–Trinajstić information content (AvgIpc) is 3.20. The lowest BCUT2D eigenvalue weighted by atomic mass is 9.74. The van der Waals surface area contributed by atoms with Crippen molar-refractivity contribution in [2.24, 2.45) is 0 Å². The summed E-state index contributed by atoms with van der Waals surface area (Å²) < 4.78 is 6.15. The largest absolute Gasteiger partial charge is 0.483 e. The van der Waals surface area contributed by atoms with Crippen molar-refractivity contribution in [1.82, 2.24) is 0 Å². The van der Waals surface area contributed by atoms with Crippen LogP contribution in [0.15, 0.2) is 78.9 Å². The second-order valence-corrected chi connectivity index (χ2v) is 7.55. The molecule has 0 spiro atoms. The number of nitrogens with zero attached hydrogens (tertiary/aromatic N) is 3. The molecule has 3 aromatic rings. The second kappa shape index (κ2) is 8.13. The second-order valence-electron chi connectivity index (χ2n) is 7.12. The summed E-state index contributed by atoms with van der Waals surface area (Å²) in [4.78, 5) is 21.5. The van der Waals surface area contributed by atoms with Gasteiger partial charge in [-0.1, -0.05) is 54.1 Å². The zero-order chi connectivity index (χ0) is 22.9. The van der Waals surface area contributed by atoms with Crippen molar-refractivity contribution in [2.45, 2.75) is 11.5 Å². The van der Waals surface area contributed by atoms with Gasteiger partial charge in [-0.2, -0.15) is 5.26 Å². The molecular weight excluding hydrogens is 434 g/mol. The summed E-state index contributed by atoms with van der Waals surface area (Å²) in [5.41, 5.74) is -1.10. The van der Waals surface area contributed by atoms with Gasteiger partial charge in [-0.3, -0.25) is 20.2 Å². The molecule has 1 aliphatic rings. The first-order valence-corrected chi connectivity index (χ1v) is 9.78. The van der Waals surface area contributed by atoms with E-state index in [0.29, 0.717) is 21.9 Å². The average molecular weight is 448 g/mol. The highest BCUT2D eigenvalue weighted by atomic mass is 35.5. The van der Waals surface area contributed by atoms with Gasteiger partial charge in [0.15, 0.2) is 6.10 Å². The summed E-state index contributed by atoms with van der Waals surface area (Å²) in [6, 6.07) is 21.1. The van der Waals surface area contributed by atoms with E-state index in [4.69, 9.17) is 16.3 Å². The maximum Gasteiger partial charge on any atom is 0.283 e. The topological polar surface area (TPSA) is 119 Å². The van der Waals surface area contributed by atoms with Crippen molar-refractivity contribution < 1.29 is 14.6 Å². The fourth-order valence-corrected chi connectivity index (χ4v) is 3.87. The van der Waals surface area contributed by atoms with E-state index in [9.17, 15) is 25.5 Å². The van der Waals surface area contributed by atoms with Crippen molar-refractivity contribution in [1.29, 1.82) is 5.26 Å². The van der Waals surface area contributed by atoms with E-state index < -0.39 is 32.7 Å². The van der Waals surface area contributed by atoms with Crippen LogP contribution in [0.2, 0.25) is 5.02 Å². The molecule has 32 heavy (non-hydrogen) atoms. The van der Waals surface area contributed by atoms with E-state index in [1.807, 2.05) is 6.07 Å². The smallest absolute Gasteiger partial charge is 0.283 e. The van der Waals surface area contributed by atoms with E-state index in [2.05, 4.69) is 6.07 Å². The molecule has 8 nitrogen and oxygen atoms in total. The quantitative estimate of drug-likeness (QED) is 0.364. The van der Waals surface area contributed by atoms with Crippen LogP contribution in [0.1, 0.15) is 22.8 Å². The number of non-ortho nitro benzene ring substituents is 1. The Morgan fingerprint density at radius 2 is 1.66 bits per heavy atom. The molecule has 158 valence electrons. The summed E-state index contributed by atoms with van der Waals surface area (Å²) in [5.74, 6) is 0.375. The molecule has 0 aliphatic carbocycles. The zero-order valence-corrected chi connectivity index (χ0v) is 17.1. The molecule has 0 bridgehead atoms. The SMILES string of the molecule is N#C[C@@]1(c2ccc(Cl)cc2)C=C(c2ccccc2)O[C@H]1c1ccc([N+](=O)[O-])cc1[N+](=O)[O-]. The van der Waals surface area contributed by atoms with E-state index in [1.54, 1.807) is 54.6 Å². The third-order valence-corrected chi connectivity index (χ3v) is 5.54. The van der Waals surface area contributed by atoms with Gasteiger partial charge in [-0.25, -0.2) is 0 Å². The monoisotopic (exact) mass is 447 g/mol. The predicted octanol–water partition coefficient (Wildman–Crippen LogP) is 5.73. The van der Waals surface area contributed by atoms with E-state index in [0.717, 1.165) is 12.1 Å². The van der Waals surface area contributed by atoms with Gasteiger partial charge in [0.25, 0.3) is 11.4 Å². The normalized spacial score (nSPS) is 19.5. The molecule has 0 saturated carbocycles. The number of hydrogen-bond acceptors (Lipinski definition) is 6. The Hall–Kier alpha value is -4.22. The molecule has 1 aliphatic heterocycles. The zero-order valence-electron chi connectivity index (χ0n) is 16.3. The highest BCUT2D eigenvalue weighted by Gasteiger charge is 2.50. The molecular formula is C23H14ClN3O5. The number of halogens is 1. The summed E-state index contributed by atoms with van der Waals surface area (Å²) in [6.07, 6.45) is 0.506. The molecule has 2 atom stereocenters. The van der Waals surface area contributed by atoms with Crippen LogP contribution in [-0.4, -0.2) is 9.85 Å². The Morgan fingerprint density at radius 1 is 0.969 bits per heavy atom. The van der Waals surface area contributed by atoms with Crippen molar-refractivity contribution in [2.75, 3.05) is 0 Å². The van der Waals surface area contributed by atoms with Crippen LogP contribution < -0.4 is 0 Å². The molecule has 0 aromatic heterocycles. The minimum atomic E-state index is -1.43. The summed E-state index contributed by atoms with van der Waals surface area (Å²) in [6.45, 7) is 0. The molecule has 0 N–H and O–H groups in total. The lowest BCUT2D eigenvalue weighted by Crippen LogP contribution is -2.28. The molecule has 9 heteroatoms. The third kappa shape index (κ3) is 3.55. The van der Waals surface area contributed by atoms with Gasteiger partial charge in [0.05, 0.1) is 27.5 Å². The van der Waals surface area contributed by atoms with Crippen LogP contribution in [0.3, 0.4) is 0 Å². The first-order valence-electron chi connectivity index (χ1n) is 9.40. The Balaban J connectivity index is 1.95. The number of ether oxygens (including phenoxy) is 1. The maximum atomic E-state index is 11.8. The van der Waals surface area contributed by atoms with Gasteiger partial charge in [0.1, 0.15) is 11.2 Å². The minimum Gasteiger partial charge on any atom is -0.483 e. The van der Waals surface area contributed by atoms with Crippen LogP contribution in [-0.2, 0) is 10.2 Å². The van der Waals surface area contributed by atoms with Crippen LogP contribution in [0.25, 0.3) is 5.76 Å². The van der Waals surface area contributed by atoms with E-state index >= 15 is 0 Å². The van der Waals surface area contributed by atoms with Gasteiger partial charge in [-0.15, -0.1) is 0 Å². The third-order valence-electron chi connectivity index (χ3n) is 5.29. The van der Waals surface area contributed by atoms with Gasteiger partial charge in [0, 0.05) is 16.7 Å². The fourth-order valence-electron chi connectivity index (χ4n) is 3.74. The molecule has 0 unspecified atom stereocenters. The molecule has 0 saturated heterocycles. The number of nitriles is 1. The molecule has 1 heterocycles. The van der Waals surface area contributed by atoms with Gasteiger partial charge < -0.3 is 4.74 Å². The Kier molecular flexibility index (Phi) is 5.34. The highest BCUT2D eigenvalue weighted by Crippen LogP contribution is 2.52. The summed E-state index contributed by atoms with van der Waals surface area (Å²) in [7, 11) is 0. The number of nitro groups is 2. The first-order chi connectivity index (χ1) is 15.4. The van der Waals surface area contributed by atoms with Crippen LogP contribution in [0.4, 0.5) is 11.4 Å². The molecule has 0 fully saturated rings. The summed E-state index contributed by atoms with van der Waals surface area (Å²) >= 11 is 6.02. The van der Waals surface area contributed by atoms with E-state index in [1.165, 1.54) is 6.07 Å². The molecule has 4 rings (SSSR count). The van der Waals surface area contributed by atoms with Gasteiger partial charge in [0.2, 0.25) is 0 Å². The van der Waals surface area contributed by atoms with Crippen molar-refractivity contribution in [3.63, 3.8) is 0 Å². The van der Waals surface area contributed by atoms with Crippen LogP contribution in [0.5, 0.6) is 0 Å². The van der Waals surface area contributed by atoms with Crippen LogP contribution >= 0.6 is 11.6 Å². The highest BCUT2D eigenvalue weighted by molar-refractivity contribution is 6.30. The predicted molar refractivity (Wildman–Crippen MR) is 117 cm³/mol. The number of rotatable bonds is 5. The van der Waals surface area contributed by atoms with E-state index in [-0.39, 0.29) is 5.56 Å². The number of benzene rings is 3. The van der Waals surface area contributed by atoms with Crippen molar-refractivity contribution >= 4 is 28.7 Å². The maximum absolute atomic E-state index is 11.8. The lowest BCUT2D eigenvalue weighted by Gasteiger charge is -2.27. The minimum absolute atomic E-state index is 0.0549. The Labute approximate surface area is 187 Å². The Bertz CT molecular complexity index is 1290. The van der Waals surface area contributed by atoms with Gasteiger partial charge >= 0.3 is 0 Å². The Morgan fingerprint density at radius 3 is 2.25 bits per heavy atom. The lowest BCUT2D eigenvalue weighted by molar-refractivity contribution is -0.394. The van der Waals surface area contributed by atoms with Crippen molar-refractivity contribution in [3.8, 4) is 6.07 Å².